The van der Waals surface area contributed by atoms with E-state index in [2.05, 4.69) is 20.3 Å². The number of anilines is 1. The highest BCUT2D eigenvalue weighted by molar-refractivity contribution is 6.30. The molecular weight excluding hydrogens is 392 g/mol. The number of imidazole rings is 1. The van der Waals surface area contributed by atoms with Gasteiger partial charge in [-0.25, -0.2) is 9.78 Å². The van der Waals surface area contributed by atoms with Gasteiger partial charge in [0.2, 0.25) is 0 Å². The van der Waals surface area contributed by atoms with E-state index in [0.29, 0.717) is 33.1 Å². The van der Waals surface area contributed by atoms with Crippen LogP contribution in [0.15, 0.2) is 67.0 Å². The summed E-state index contributed by atoms with van der Waals surface area (Å²) in [5.74, 6) is -0.410. The van der Waals surface area contributed by atoms with Crippen molar-refractivity contribution in [1.82, 2.24) is 15.0 Å². The summed E-state index contributed by atoms with van der Waals surface area (Å²) < 4.78 is 5.10. The van der Waals surface area contributed by atoms with Crippen molar-refractivity contribution in [2.75, 3.05) is 11.9 Å². The zero-order valence-corrected chi connectivity index (χ0v) is 15.8. The maximum absolute atomic E-state index is 12.3. The van der Waals surface area contributed by atoms with Crippen LogP contribution in [0.1, 0.15) is 10.4 Å². The topological polar surface area (TPSA) is 97.0 Å². The Hall–Kier alpha value is -3.71. The maximum atomic E-state index is 12.3. The van der Waals surface area contributed by atoms with E-state index in [4.69, 9.17) is 16.3 Å². The summed E-state index contributed by atoms with van der Waals surface area (Å²) in [6.45, 7) is -0.409. The molecule has 2 aromatic carbocycles. The lowest BCUT2D eigenvalue weighted by atomic mass is 10.2. The van der Waals surface area contributed by atoms with Crippen molar-refractivity contribution in [2.24, 2.45) is 0 Å². The lowest BCUT2D eigenvalue weighted by molar-refractivity contribution is -0.119. The summed E-state index contributed by atoms with van der Waals surface area (Å²) in [4.78, 5) is 36.0. The third-order valence-electron chi connectivity index (χ3n) is 4.10. The number of carbonyl (C=O) groups excluding carboxylic acids is 2. The first kappa shape index (κ1) is 18.6. The quantitative estimate of drug-likeness (QED) is 0.487. The molecule has 7 nitrogen and oxygen atoms in total. The zero-order valence-electron chi connectivity index (χ0n) is 15.1. The van der Waals surface area contributed by atoms with Gasteiger partial charge in [-0.05, 0) is 48.5 Å². The molecule has 0 spiro atoms. The van der Waals surface area contributed by atoms with Gasteiger partial charge in [0.15, 0.2) is 6.61 Å². The van der Waals surface area contributed by atoms with Gasteiger partial charge in [-0.3, -0.25) is 9.78 Å². The van der Waals surface area contributed by atoms with Gasteiger partial charge in [0.05, 0.1) is 16.6 Å². The first-order valence-electron chi connectivity index (χ1n) is 8.71. The van der Waals surface area contributed by atoms with Crippen molar-refractivity contribution in [3.05, 3.63) is 77.6 Å². The number of pyridine rings is 1. The monoisotopic (exact) mass is 406 g/mol. The number of H-pyrrole nitrogens is 1. The molecule has 0 bridgehead atoms. The fraction of sp³-hybridized carbons (Fsp3) is 0.0476. The number of carbonyl (C=O) groups is 2. The summed E-state index contributed by atoms with van der Waals surface area (Å²) in [7, 11) is 0. The van der Waals surface area contributed by atoms with Crippen LogP contribution in [-0.4, -0.2) is 33.4 Å². The summed E-state index contributed by atoms with van der Waals surface area (Å²) >= 11 is 5.88. The van der Waals surface area contributed by atoms with Crippen LogP contribution in [0.4, 0.5) is 5.69 Å². The molecule has 2 heterocycles. The normalized spacial score (nSPS) is 10.7. The van der Waals surface area contributed by atoms with Crippen molar-refractivity contribution in [3.63, 3.8) is 0 Å². The number of nitrogens with zero attached hydrogens (tertiary/aromatic N) is 2. The highest BCUT2D eigenvalue weighted by Gasteiger charge is 2.13. The Bertz CT molecular complexity index is 1190. The highest BCUT2D eigenvalue weighted by atomic mass is 35.5. The first-order valence-corrected chi connectivity index (χ1v) is 9.09. The summed E-state index contributed by atoms with van der Waals surface area (Å²) in [5, 5.41) is 3.12. The van der Waals surface area contributed by atoms with E-state index in [1.165, 1.54) is 0 Å². The van der Waals surface area contributed by atoms with Gasteiger partial charge in [0, 0.05) is 28.7 Å². The minimum Gasteiger partial charge on any atom is -0.452 e. The van der Waals surface area contributed by atoms with Crippen molar-refractivity contribution >= 4 is 40.2 Å². The molecule has 2 aromatic heterocycles. The van der Waals surface area contributed by atoms with Crippen LogP contribution in [0, 0.1) is 0 Å². The number of hydrogen-bond acceptors (Lipinski definition) is 5. The molecule has 29 heavy (non-hydrogen) atoms. The third kappa shape index (κ3) is 4.41. The standard InChI is InChI=1S/C21H15ClN4O3/c22-15-4-1-5-16(10-15)24-19(27)12-29-21(28)13-6-7-17-18(9-13)26-20(25-17)14-3-2-8-23-11-14/h1-11H,12H2,(H,24,27)(H,25,26). The molecule has 0 aliphatic rings. The predicted octanol–water partition coefficient (Wildman–Crippen LogP) is 4.07. The highest BCUT2D eigenvalue weighted by Crippen LogP contribution is 2.21. The molecule has 0 aliphatic carbocycles. The first-order chi connectivity index (χ1) is 14.1. The molecule has 4 rings (SSSR count). The average Bonchev–Trinajstić information content (AvgIpc) is 3.16. The van der Waals surface area contributed by atoms with Crippen molar-refractivity contribution in [3.8, 4) is 11.4 Å². The minimum absolute atomic E-state index is 0.314. The number of esters is 1. The van der Waals surface area contributed by atoms with E-state index in [-0.39, 0.29) is 0 Å². The lowest BCUT2D eigenvalue weighted by Crippen LogP contribution is -2.20. The van der Waals surface area contributed by atoms with Crippen molar-refractivity contribution in [2.45, 2.75) is 0 Å². The number of aromatic nitrogens is 3. The number of amides is 1. The molecule has 0 atom stereocenters. The molecule has 144 valence electrons. The number of halogens is 1. The molecule has 0 aliphatic heterocycles. The van der Waals surface area contributed by atoms with Gasteiger partial charge in [0.1, 0.15) is 5.82 Å². The molecule has 0 radical (unpaired) electrons. The Balaban J connectivity index is 1.42. The van der Waals surface area contributed by atoms with Crippen molar-refractivity contribution < 1.29 is 14.3 Å². The summed E-state index contributed by atoms with van der Waals surface area (Å²) in [5.41, 5.74) is 3.07. The molecule has 1 amide bonds. The van der Waals surface area contributed by atoms with Gasteiger partial charge in [0.25, 0.3) is 5.91 Å². The molecule has 0 fully saturated rings. The molecule has 0 saturated heterocycles. The number of benzene rings is 2. The molecule has 2 N–H and O–H groups in total. The summed E-state index contributed by atoms with van der Waals surface area (Å²) in [6.07, 6.45) is 3.38. The van der Waals surface area contributed by atoms with E-state index < -0.39 is 18.5 Å². The van der Waals surface area contributed by atoms with Gasteiger partial charge >= 0.3 is 5.97 Å². The molecular formula is C21H15ClN4O3. The van der Waals surface area contributed by atoms with E-state index in [1.807, 2.05) is 12.1 Å². The molecule has 4 aromatic rings. The number of hydrogen-bond donors (Lipinski definition) is 2. The Morgan fingerprint density at radius 1 is 1.10 bits per heavy atom. The largest absolute Gasteiger partial charge is 0.452 e. The van der Waals surface area contributed by atoms with Crippen LogP contribution in [0.3, 0.4) is 0 Å². The van der Waals surface area contributed by atoms with Gasteiger partial charge in [-0.2, -0.15) is 0 Å². The van der Waals surface area contributed by atoms with Crippen LogP contribution < -0.4 is 5.32 Å². The van der Waals surface area contributed by atoms with Crippen LogP contribution in [0.25, 0.3) is 22.4 Å². The van der Waals surface area contributed by atoms with Gasteiger partial charge in [-0.15, -0.1) is 0 Å². The van der Waals surface area contributed by atoms with E-state index >= 15 is 0 Å². The predicted molar refractivity (Wildman–Crippen MR) is 110 cm³/mol. The summed E-state index contributed by atoms with van der Waals surface area (Å²) in [6, 6.07) is 15.4. The van der Waals surface area contributed by atoms with Crippen LogP contribution in [0.5, 0.6) is 0 Å². The Morgan fingerprint density at radius 3 is 2.79 bits per heavy atom. The molecule has 0 unspecified atom stereocenters. The lowest BCUT2D eigenvalue weighted by Gasteiger charge is -2.07. The fourth-order valence-corrected chi connectivity index (χ4v) is 2.94. The minimum atomic E-state index is -0.606. The van der Waals surface area contributed by atoms with Crippen LogP contribution in [-0.2, 0) is 9.53 Å². The van der Waals surface area contributed by atoms with E-state index in [0.717, 1.165) is 5.56 Å². The van der Waals surface area contributed by atoms with Gasteiger partial charge < -0.3 is 15.0 Å². The Labute approximate surface area is 170 Å². The second kappa shape index (κ2) is 8.12. The number of fused-ring (bicyclic) bond motifs is 1. The fourth-order valence-electron chi connectivity index (χ4n) is 2.75. The third-order valence-corrected chi connectivity index (χ3v) is 4.33. The number of aromatic amines is 1. The van der Waals surface area contributed by atoms with E-state index in [9.17, 15) is 9.59 Å². The number of ether oxygens (including phenoxy) is 1. The molecule has 0 saturated carbocycles. The van der Waals surface area contributed by atoms with Crippen LogP contribution in [0.2, 0.25) is 5.02 Å². The second-order valence-corrected chi connectivity index (χ2v) is 6.63. The second-order valence-electron chi connectivity index (χ2n) is 6.19. The smallest absolute Gasteiger partial charge is 0.338 e. The SMILES string of the molecule is O=C(COC(=O)c1ccc2nc(-c3cccnc3)[nH]c2c1)Nc1cccc(Cl)c1. The average molecular weight is 407 g/mol. The Morgan fingerprint density at radius 2 is 2.00 bits per heavy atom. The number of nitrogens with one attached hydrogen (secondary N) is 2. The van der Waals surface area contributed by atoms with Gasteiger partial charge in [-0.1, -0.05) is 17.7 Å². The van der Waals surface area contributed by atoms with E-state index in [1.54, 1.807) is 54.9 Å². The Kier molecular flexibility index (Phi) is 5.22. The zero-order chi connectivity index (χ0) is 20.2. The molecule has 8 heteroatoms. The maximum Gasteiger partial charge on any atom is 0.338 e. The van der Waals surface area contributed by atoms with Crippen molar-refractivity contribution in [1.29, 1.82) is 0 Å². The number of rotatable bonds is 5. The van der Waals surface area contributed by atoms with Crippen LogP contribution >= 0.6 is 11.6 Å².